The fourth-order valence-electron chi connectivity index (χ4n) is 3.16. The molecule has 1 aliphatic carbocycles. The summed E-state index contributed by atoms with van der Waals surface area (Å²) in [7, 11) is 1.27. The van der Waals surface area contributed by atoms with Gasteiger partial charge in [0.05, 0.1) is 31.4 Å². The quantitative estimate of drug-likeness (QED) is 0.486. The molecule has 0 saturated carbocycles. The van der Waals surface area contributed by atoms with E-state index >= 15 is 0 Å². The van der Waals surface area contributed by atoms with Gasteiger partial charge in [0.25, 0.3) is 0 Å². The van der Waals surface area contributed by atoms with E-state index in [0.29, 0.717) is 35.4 Å². The molecule has 136 valence electrons. The van der Waals surface area contributed by atoms with E-state index in [4.69, 9.17) is 9.47 Å². The molecule has 1 heterocycles. The van der Waals surface area contributed by atoms with Crippen LogP contribution in [0.4, 0.5) is 0 Å². The summed E-state index contributed by atoms with van der Waals surface area (Å²) < 4.78 is 10.2. The number of allylic oxidation sites excluding steroid dienone is 2. The fourth-order valence-corrected chi connectivity index (χ4v) is 3.16. The highest BCUT2D eigenvalue weighted by molar-refractivity contribution is 6.01. The Kier molecular flexibility index (Phi) is 6.17. The van der Waals surface area contributed by atoms with E-state index in [1.165, 1.54) is 14.0 Å². The average Bonchev–Trinajstić information content (AvgIpc) is 2.90. The Labute approximate surface area is 147 Å². The van der Waals surface area contributed by atoms with Crippen molar-refractivity contribution in [2.75, 3.05) is 13.7 Å². The first-order chi connectivity index (χ1) is 11.8. The summed E-state index contributed by atoms with van der Waals surface area (Å²) in [6.45, 7) is 5.56. The van der Waals surface area contributed by atoms with Crippen LogP contribution in [0.2, 0.25) is 0 Å². The van der Waals surface area contributed by atoms with Gasteiger partial charge in [-0.05, 0) is 37.2 Å². The monoisotopic (exact) mass is 347 g/mol. The molecule has 6 nitrogen and oxygen atoms in total. The molecule has 0 spiro atoms. The zero-order valence-corrected chi connectivity index (χ0v) is 15.2. The van der Waals surface area contributed by atoms with E-state index in [1.807, 2.05) is 0 Å². The third-order valence-corrected chi connectivity index (χ3v) is 4.77. The number of aromatic amines is 1. The van der Waals surface area contributed by atoms with Gasteiger partial charge in [0, 0.05) is 12.6 Å². The number of rotatable bonds is 6. The number of ketones is 1. The summed E-state index contributed by atoms with van der Waals surface area (Å²) >= 11 is 0. The molecular formula is C19H25NO5. The van der Waals surface area contributed by atoms with Crippen LogP contribution in [0.1, 0.15) is 58.8 Å². The molecule has 1 aromatic rings. The largest absolute Gasteiger partial charge is 0.465 e. The highest BCUT2D eigenvalue weighted by Gasteiger charge is 2.25. The van der Waals surface area contributed by atoms with Gasteiger partial charge in [-0.3, -0.25) is 9.59 Å². The van der Waals surface area contributed by atoms with Crippen LogP contribution in [0.15, 0.2) is 12.2 Å². The van der Waals surface area contributed by atoms with Gasteiger partial charge in [-0.1, -0.05) is 19.1 Å². The van der Waals surface area contributed by atoms with Gasteiger partial charge >= 0.3 is 11.9 Å². The minimum absolute atomic E-state index is 0.102. The molecule has 0 aliphatic heterocycles. The Morgan fingerprint density at radius 2 is 1.92 bits per heavy atom. The number of hydrogen-bond acceptors (Lipinski definition) is 5. The number of hydrogen-bond donors (Lipinski definition) is 1. The van der Waals surface area contributed by atoms with Gasteiger partial charge in [-0.15, -0.1) is 0 Å². The van der Waals surface area contributed by atoms with E-state index in [0.717, 1.165) is 12.8 Å². The highest BCUT2D eigenvalue weighted by Crippen LogP contribution is 2.25. The van der Waals surface area contributed by atoms with E-state index in [9.17, 15) is 14.4 Å². The Hall–Kier alpha value is -2.37. The Morgan fingerprint density at radius 1 is 1.24 bits per heavy atom. The average molecular weight is 347 g/mol. The Balaban J connectivity index is 2.09. The number of H-pyrrole nitrogens is 1. The molecule has 1 aliphatic rings. The maximum absolute atomic E-state index is 12.2. The maximum atomic E-state index is 12.2. The molecule has 2 atom stereocenters. The lowest BCUT2D eigenvalue weighted by molar-refractivity contribution is -0.144. The number of methoxy groups -OCH3 is 1. The van der Waals surface area contributed by atoms with Gasteiger partial charge in [-0.25, -0.2) is 4.79 Å². The van der Waals surface area contributed by atoms with Crippen LogP contribution >= 0.6 is 0 Å². The van der Waals surface area contributed by atoms with Crippen LogP contribution in [-0.2, 0) is 20.7 Å². The zero-order chi connectivity index (χ0) is 18.6. The van der Waals surface area contributed by atoms with Crippen molar-refractivity contribution in [1.29, 1.82) is 0 Å². The SMILES string of the molecule is COC(=O)c1c(CC(=O)OC[C@H]2CC=CC[C@@H]2C)[nH]c(C(C)=O)c1C. The smallest absolute Gasteiger partial charge is 0.339 e. The molecule has 0 saturated heterocycles. The van der Waals surface area contributed by atoms with E-state index in [-0.39, 0.29) is 17.8 Å². The van der Waals surface area contributed by atoms with E-state index in [2.05, 4.69) is 24.1 Å². The lowest BCUT2D eigenvalue weighted by Crippen LogP contribution is -2.22. The molecule has 0 amide bonds. The van der Waals surface area contributed by atoms with Crippen molar-refractivity contribution in [3.63, 3.8) is 0 Å². The Morgan fingerprint density at radius 3 is 2.52 bits per heavy atom. The summed E-state index contributed by atoms with van der Waals surface area (Å²) in [5, 5.41) is 0. The normalized spacial score (nSPS) is 19.5. The fraction of sp³-hybridized carbons (Fsp3) is 0.526. The summed E-state index contributed by atoms with van der Waals surface area (Å²) in [4.78, 5) is 38.8. The number of esters is 2. The van der Waals surface area contributed by atoms with Crippen LogP contribution in [0, 0.1) is 18.8 Å². The number of carbonyl (C=O) groups excluding carboxylic acids is 3. The number of carbonyl (C=O) groups is 3. The topological polar surface area (TPSA) is 85.5 Å². The number of ether oxygens (including phenoxy) is 2. The molecule has 0 aromatic carbocycles. The number of aromatic nitrogens is 1. The molecule has 6 heteroatoms. The predicted molar refractivity (Wildman–Crippen MR) is 92.6 cm³/mol. The van der Waals surface area contributed by atoms with Gasteiger partial charge in [0.2, 0.25) is 0 Å². The van der Waals surface area contributed by atoms with Crippen molar-refractivity contribution in [1.82, 2.24) is 4.98 Å². The molecule has 0 radical (unpaired) electrons. The van der Waals surface area contributed by atoms with Gasteiger partial charge in [0.15, 0.2) is 5.78 Å². The lowest BCUT2D eigenvalue weighted by Gasteiger charge is -2.24. The Bertz CT molecular complexity index is 701. The van der Waals surface area contributed by atoms with Crippen molar-refractivity contribution in [2.45, 2.75) is 40.0 Å². The van der Waals surface area contributed by atoms with Crippen molar-refractivity contribution in [2.24, 2.45) is 11.8 Å². The molecule has 25 heavy (non-hydrogen) atoms. The van der Waals surface area contributed by atoms with Crippen LogP contribution in [0.25, 0.3) is 0 Å². The third-order valence-electron chi connectivity index (χ3n) is 4.77. The van der Waals surface area contributed by atoms with Crippen molar-refractivity contribution in [3.8, 4) is 0 Å². The molecular weight excluding hydrogens is 322 g/mol. The highest BCUT2D eigenvalue weighted by atomic mass is 16.5. The minimum atomic E-state index is -0.574. The molecule has 1 aromatic heterocycles. The summed E-state index contributed by atoms with van der Waals surface area (Å²) in [6.07, 6.45) is 6.05. The first-order valence-electron chi connectivity index (χ1n) is 8.46. The second-order valence-electron chi connectivity index (χ2n) is 6.57. The van der Waals surface area contributed by atoms with Crippen LogP contribution in [0.5, 0.6) is 0 Å². The molecule has 0 bridgehead atoms. The van der Waals surface area contributed by atoms with E-state index in [1.54, 1.807) is 6.92 Å². The lowest BCUT2D eigenvalue weighted by atomic mass is 9.85. The number of Topliss-reactive ketones (excluding diaryl/α,β-unsaturated/α-hetero) is 1. The molecule has 1 N–H and O–H groups in total. The van der Waals surface area contributed by atoms with Gasteiger partial charge < -0.3 is 14.5 Å². The molecule has 2 rings (SSSR count). The second kappa shape index (κ2) is 8.14. The van der Waals surface area contributed by atoms with E-state index < -0.39 is 11.9 Å². The summed E-state index contributed by atoms with van der Waals surface area (Å²) in [6, 6.07) is 0. The van der Waals surface area contributed by atoms with Crippen LogP contribution < -0.4 is 0 Å². The standard InChI is InChI=1S/C19H25NO5/c1-11-7-5-6-8-14(11)10-25-16(22)9-15-17(19(23)24-4)12(2)18(20-15)13(3)21/h5-6,11,14,20H,7-10H2,1-4H3/t11-,14+/m0/s1. The van der Waals surface area contributed by atoms with Crippen LogP contribution in [-0.4, -0.2) is 36.4 Å². The predicted octanol–water partition coefficient (Wildman–Crippen LogP) is 3.00. The first kappa shape index (κ1) is 19.0. The third kappa shape index (κ3) is 4.38. The van der Waals surface area contributed by atoms with Crippen molar-refractivity contribution >= 4 is 17.7 Å². The zero-order valence-electron chi connectivity index (χ0n) is 15.2. The van der Waals surface area contributed by atoms with Gasteiger partial charge in [0.1, 0.15) is 0 Å². The minimum Gasteiger partial charge on any atom is -0.465 e. The maximum Gasteiger partial charge on any atom is 0.339 e. The summed E-state index contributed by atoms with van der Waals surface area (Å²) in [5.41, 5.74) is 1.40. The first-order valence-corrected chi connectivity index (χ1v) is 8.46. The second-order valence-corrected chi connectivity index (χ2v) is 6.57. The van der Waals surface area contributed by atoms with Gasteiger partial charge in [-0.2, -0.15) is 0 Å². The van der Waals surface area contributed by atoms with Crippen molar-refractivity contribution in [3.05, 3.63) is 34.7 Å². The number of nitrogens with one attached hydrogen (secondary N) is 1. The molecule has 0 fully saturated rings. The van der Waals surface area contributed by atoms with Crippen molar-refractivity contribution < 1.29 is 23.9 Å². The molecule has 0 unspecified atom stereocenters. The summed E-state index contributed by atoms with van der Waals surface area (Å²) in [5.74, 6) is -0.420. The van der Waals surface area contributed by atoms with Crippen LogP contribution in [0.3, 0.4) is 0 Å².